The Balaban J connectivity index is 0.000000210. The molecule has 0 aliphatic carbocycles. The highest BCUT2D eigenvalue weighted by molar-refractivity contribution is 6.32. The van der Waals surface area contributed by atoms with Gasteiger partial charge in [0, 0.05) is 79.6 Å². The number of aromatic amines is 2. The third-order valence-electron chi connectivity index (χ3n) is 10.0. The highest BCUT2D eigenvalue weighted by atomic mass is 35.5. The summed E-state index contributed by atoms with van der Waals surface area (Å²) >= 11 is 5.87. The largest absolute Gasteiger partial charge is 0.497 e. The molecule has 0 spiro atoms. The maximum atomic E-state index is 13.1. The topological polar surface area (TPSA) is 219 Å². The number of H-pyrrole nitrogens is 2. The van der Waals surface area contributed by atoms with Gasteiger partial charge in [0.25, 0.3) is 11.8 Å². The highest BCUT2D eigenvalue weighted by Gasteiger charge is 2.31. The van der Waals surface area contributed by atoms with Gasteiger partial charge in [-0.15, -0.1) is 0 Å². The van der Waals surface area contributed by atoms with Gasteiger partial charge in [0.15, 0.2) is 28.2 Å². The summed E-state index contributed by atoms with van der Waals surface area (Å²) in [5.41, 5.74) is 4.94. The maximum absolute atomic E-state index is 13.1. The number of nitrogens with one attached hydrogen (secondary N) is 5. The SMILES string of the molecule is COc1cc(CCc2cc(NC(=O)c3nccnc3C3CNCC(C)N3C)n[nH]2)cc(OC)c1.COc1cc(CCc2cc(NC(=O)c3nccnc3Cl)n[nH]2)cc(OC)c1. The van der Waals surface area contributed by atoms with E-state index in [1.54, 1.807) is 40.7 Å². The molecule has 2 unspecified atom stereocenters. The molecular weight excluding hydrogens is 804 g/mol. The smallest absolute Gasteiger partial charge is 0.278 e. The van der Waals surface area contributed by atoms with Gasteiger partial charge in [-0.25, -0.2) is 15.0 Å². The van der Waals surface area contributed by atoms with Gasteiger partial charge >= 0.3 is 0 Å². The van der Waals surface area contributed by atoms with E-state index in [2.05, 4.69) is 68.1 Å². The summed E-state index contributed by atoms with van der Waals surface area (Å²) in [5, 5.41) is 23.2. The van der Waals surface area contributed by atoms with Crippen LogP contribution in [0, 0.1) is 0 Å². The van der Waals surface area contributed by atoms with Crippen LogP contribution < -0.4 is 34.9 Å². The zero-order valence-corrected chi connectivity index (χ0v) is 35.5. The predicted molar refractivity (Wildman–Crippen MR) is 229 cm³/mol. The summed E-state index contributed by atoms with van der Waals surface area (Å²) in [4.78, 5) is 44.0. The van der Waals surface area contributed by atoms with Crippen LogP contribution in [0.15, 0.2) is 73.3 Å². The van der Waals surface area contributed by atoms with Gasteiger partial charge in [0.05, 0.1) is 40.2 Å². The number of methoxy groups -OCH3 is 4. The molecule has 0 bridgehead atoms. The number of carbonyl (C=O) groups excluding carboxylic acids is 2. The van der Waals surface area contributed by atoms with Crippen LogP contribution in [0.1, 0.15) is 62.2 Å². The molecule has 7 rings (SSSR count). The monoisotopic (exact) mass is 852 g/mol. The van der Waals surface area contributed by atoms with Crippen molar-refractivity contribution in [3.63, 3.8) is 0 Å². The molecule has 2 aromatic carbocycles. The number of amides is 2. The number of hydrogen-bond acceptors (Lipinski definition) is 14. The van der Waals surface area contributed by atoms with Gasteiger partial charge in [-0.2, -0.15) is 10.2 Å². The molecule has 5 heterocycles. The van der Waals surface area contributed by atoms with Gasteiger partial charge in [-0.3, -0.25) is 29.7 Å². The van der Waals surface area contributed by atoms with Crippen LogP contribution >= 0.6 is 11.6 Å². The maximum Gasteiger partial charge on any atom is 0.278 e. The normalized spacial score (nSPS) is 14.9. The van der Waals surface area contributed by atoms with Crippen molar-refractivity contribution >= 4 is 35.1 Å². The summed E-state index contributed by atoms with van der Waals surface area (Å²) in [6.45, 7) is 3.75. The van der Waals surface area contributed by atoms with Gasteiger partial charge in [0.1, 0.15) is 23.0 Å². The van der Waals surface area contributed by atoms with Gasteiger partial charge in [0.2, 0.25) is 0 Å². The Labute approximate surface area is 358 Å². The first-order valence-electron chi connectivity index (χ1n) is 19.4. The summed E-state index contributed by atoms with van der Waals surface area (Å²) in [7, 11) is 8.55. The number of aryl methyl sites for hydroxylation is 4. The Kier molecular flexibility index (Phi) is 15.2. The molecule has 5 N–H and O–H groups in total. The number of piperazine rings is 1. The number of likely N-dealkylation sites (N-methyl/N-ethyl adjacent to an activating group) is 1. The van der Waals surface area contributed by atoms with Crippen molar-refractivity contribution in [2.24, 2.45) is 0 Å². The lowest BCUT2D eigenvalue weighted by Crippen LogP contribution is -2.50. The molecule has 61 heavy (non-hydrogen) atoms. The number of aromatic nitrogens is 8. The molecular formula is C42H49ClN12O6. The molecule has 320 valence electrons. The van der Waals surface area contributed by atoms with Gasteiger partial charge in [-0.05, 0) is 75.0 Å². The number of carbonyl (C=O) groups is 2. The summed E-state index contributed by atoms with van der Waals surface area (Å²) in [6.07, 6.45) is 8.90. The zero-order chi connectivity index (χ0) is 43.3. The van der Waals surface area contributed by atoms with Crippen LogP contribution in [-0.2, 0) is 25.7 Å². The summed E-state index contributed by atoms with van der Waals surface area (Å²) in [5.74, 6) is 3.02. The average molecular weight is 853 g/mol. The number of hydrogen-bond donors (Lipinski definition) is 5. The molecule has 0 radical (unpaired) electrons. The Hall–Kier alpha value is -6.63. The molecule has 1 saturated heterocycles. The minimum Gasteiger partial charge on any atom is -0.497 e. The molecule has 0 saturated carbocycles. The number of nitrogens with zero attached hydrogens (tertiary/aromatic N) is 7. The Morgan fingerprint density at radius 3 is 1.61 bits per heavy atom. The Bertz CT molecular complexity index is 2360. The van der Waals surface area contributed by atoms with E-state index in [1.165, 1.54) is 18.6 Å². The van der Waals surface area contributed by atoms with Crippen molar-refractivity contribution in [1.82, 2.24) is 50.5 Å². The van der Waals surface area contributed by atoms with Crippen LogP contribution in [-0.4, -0.2) is 112 Å². The van der Waals surface area contributed by atoms with E-state index in [9.17, 15) is 9.59 Å². The molecule has 18 nitrogen and oxygen atoms in total. The van der Waals surface area contributed by atoms with Gasteiger partial charge < -0.3 is 34.9 Å². The van der Waals surface area contributed by atoms with Crippen LogP contribution in [0.3, 0.4) is 0 Å². The summed E-state index contributed by atoms with van der Waals surface area (Å²) < 4.78 is 21.2. The lowest BCUT2D eigenvalue weighted by molar-refractivity contribution is 0.100. The second kappa shape index (κ2) is 21.1. The fourth-order valence-corrected chi connectivity index (χ4v) is 6.78. The average Bonchev–Trinajstić information content (AvgIpc) is 3.94. The highest BCUT2D eigenvalue weighted by Crippen LogP contribution is 2.27. The van der Waals surface area contributed by atoms with E-state index in [4.69, 9.17) is 30.5 Å². The molecule has 1 aliphatic heterocycles. The molecule has 4 aromatic heterocycles. The number of benzene rings is 2. The first-order valence-corrected chi connectivity index (χ1v) is 19.8. The van der Waals surface area contributed by atoms with Crippen molar-refractivity contribution < 1.29 is 28.5 Å². The van der Waals surface area contributed by atoms with Crippen LogP contribution in [0.5, 0.6) is 23.0 Å². The van der Waals surface area contributed by atoms with Crippen LogP contribution in [0.25, 0.3) is 0 Å². The van der Waals surface area contributed by atoms with E-state index in [1.807, 2.05) is 49.5 Å². The third-order valence-corrected chi connectivity index (χ3v) is 10.3. The van der Waals surface area contributed by atoms with Crippen molar-refractivity contribution in [1.29, 1.82) is 0 Å². The number of ether oxygens (including phenoxy) is 4. The minimum absolute atomic E-state index is 0.0344. The van der Waals surface area contributed by atoms with Crippen molar-refractivity contribution in [3.05, 3.63) is 118 Å². The standard InChI is InChI=1S/C24H31N7O3.C18H18ClN5O3/c1-15-13-25-14-20(31(15)2)22-23(27-8-7-26-22)24(32)28-21-11-17(29-30-21)6-5-16-9-18(33-3)12-19(10-16)34-4;1-26-13-7-11(8-14(10-13)27-2)3-4-12-9-15(24-23-12)22-18(25)16-17(19)21-6-5-20-16/h7-12,15,20,25H,5-6,13-14H2,1-4H3,(H2,28,29,30,32);5-10H,3-4H2,1-2H3,(H2,22,23,24,25). The quantitative estimate of drug-likeness (QED) is 0.0906. The van der Waals surface area contributed by atoms with E-state index < -0.39 is 5.91 Å². The van der Waals surface area contributed by atoms with E-state index >= 15 is 0 Å². The van der Waals surface area contributed by atoms with E-state index in [-0.39, 0.29) is 22.8 Å². The first-order chi connectivity index (χ1) is 29.6. The molecule has 2 amide bonds. The van der Waals surface area contributed by atoms with Crippen molar-refractivity contribution in [2.45, 2.75) is 44.7 Å². The Morgan fingerprint density at radius 1 is 0.656 bits per heavy atom. The number of rotatable bonds is 15. The summed E-state index contributed by atoms with van der Waals surface area (Å²) in [6, 6.07) is 15.4. The van der Waals surface area contributed by atoms with Crippen molar-refractivity contribution in [2.75, 3.05) is 59.2 Å². The number of halogens is 1. The zero-order valence-electron chi connectivity index (χ0n) is 34.8. The molecule has 1 aliphatic rings. The fraction of sp³-hybridized carbons (Fsp3) is 0.333. The van der Waals surface area contributed by atoms with E-state index in [0.717, 1.165) is 64.9 Å². The van der Waals surface area contributed by atoms with E-state index in [0.29, 0.717) is 48.5 Å². The Morgan fingerprint density at radius 2 is 1.11 bits per heavy atom. The number of anilines is 2. The second-order valence-electron chi connectivity index (χ2n) is 14.1. The minimum atomic E-state index is -0.469. The second-order valence-corrected chi connectivity index (χ2v) is 14.4. The fourth-order valence-electron chi connectivity index (χ4n) is 6.59. The molecule has 6 aromatic rings. The molecule has 2 atom stereocenters. The lowest BCUT2D eigenvalue weighted by atomic mass is 10.0. The van der Waals surface area contributed by atoms with Crippen LogP contribution in [0.4, 0.5) is 11.6 Å². The third kappa shape index (κ3) is 11.8. The molecule has 19 heteroatoms. The predicted octanol–water partition coefficient (Wildman–Crippen LogP) is 5.13. The van der Waals surface area contributed by atoms with Crippen LogP contribution in [0.2, 0.25) is 5.15 Å². The first kappa shape index (κ1) is 43.9. The lowest BCUT2D eigenvalue weighted by Gasteiger charge is -2.38. The van der Waals surface area contributed by atoms with Crippen molar-refractivity contribution in [3.8, 4) is 23.0 Å². The molecule has 1 fully saturated rings. The van der Waals surface area contributed by atoms with Gasteiger partial charge in [-0.1, -0.05) is 11.6 Å².